The van der Waals surface area contributed by atoms with Crippen LogP contribution in [0.3, 0.4) is 0 Å². The molecule has 1 amide bonds. The van der Waals surface area contributed by atoms with Gasteiger partial charge in [-0.2, -0.15) is 5.10 Å². The second-order valence-electron chi connectivity index (χ2n) is 6.99. The average Bonchev–Trinajstić information content (AvgIpc) is 3.21. The van der Waals surface area contributed by atoms with Gasteiger partial charge in [0.05, 0.1) is 22.8 Å². The lowest BCUT2D eigenvalue weighted by molar-refractivity contribution is -0.119. The van der Waals surface area contributed by atoms with Crippen LogP contribution in [0.1, 0.15) is 44.0 Å². The third kappa shape index (κ3) is 4.56. The molecule has 7 heteroatoms. The number of amides is 1. The lowest BCUT2D eigenvalue weighted by Gasteiger charge is -2.08. The van der Waals surface area contributed by atoms with Crippen molar-refractivity contribution >= 4 is 28.9 Å². The summed E-state index contributed by atoms with van der Waals surface area (Å²) in [7, 11) is 0. The van der Waals surface area contributed by atoms with E-state index in [4.69, 9.17) is 4.74 Å². The lowest BCUT2D eigenvalue weighted by atomic mass is 10.2. The highest BCUT2D eigenvalue weighted by molar-refractivity contribution is 7.14. The van der Waals surface area contributed by atoms with Gasteiger partial charge in [-0.15, -0.1) is 11.3 Å². The van der Waals surface area contributed by atoms with Gasteiger partial charge in [-0.25, -0.2) is 9.48 Å². The molecule has 0 radical (unpaired) electrons. The van der Waals surface area contributed by atoms with Crippen LogP contribution in [0.2, 0.25) is 0 Å². The molecule has 0 aliphatic carbocycles. The number of esters is 1. The zero-order valence-corrected chi connectivity index (χ0v) is 18.1. The first-order valence-corrected chi connectivity index (χ1v) is 10.3. The lowest BCUT2D eigenvalue weighted by Crippen LogP contribution is -2.21. The Morgan fingerprint density at radius 1 is 1.14 bits per heavy atom. The number of hydrogen-bond donors (Lipinski definition) is 1. The maximum Gasteiger partial charge on any atom is 0.348 e. The van der Waals surface area contributed by atoms with Gasteiger partial charge < -0.3 is 10.1 Å². The number of carbonyl (C=O) groups excluding carboxylic acids is 2. The molecule has 3 aromatic rings. The van der Waals surface area contributed by atoms with Gasteiger partial charge in [-0.3, -0.25) is 4.79 Å². The molecule has 2 heterocycles. The van der Waals surface area contributed by atoms with E-state index in [-0.39, 0.29) is 6.61 Å². The first kappa shape index (κ1) is 20.8. The summed E-state index contributed by atoms with van der Waals surface area (Å²) < 4.78 is 6.98. The summed E-state index contributed by atoms with van der Waals surface area (Å²) in [6.45, 7) is 9.42. The van der Waals surface area contributed by atoms with Crippen LogP contribution in [-0.2, 0) is 16.0 Å². The zero-order valence-electron chi connectivity index (χ0n) is 17.3. The normalized spacial score (nSPS) is 10.8. The number of aryl methyl sites for hydroxylation is 4. The summed E-state index contributed by atoms with van der Waals surface area (Å²) in [5, 5.41) is 7.34. The van der Waals surface area contributed by atoms with Crippen LogP contribution in [0.5, 0.6) is 0 Å². The number of anilines is 1. The first-order chi connectivity index (χ1) is 13.8. The highest BCUT2D eigenvalue weighted by Gasteiger charge is 2.18. The molecule has 0 saturated heterocycles. The molecule has 1 N–H and O–H groups in total. The topological polar surface area (TPSA) is 73.2 Å². The van der Waals surface area contributed by atoms with Gasteiger partial charge in [-0.05, 0) is 57.9 Å². The van der Waals surface area contributed by atoms with Crippen molar-refractivity contribution in [3.63, 3.8) is 0 Å². The summed E-state index contributed by atoms with van der Waals surface area (Å²) in [5.41, 5.74) is 5.30. The molecular weight excluding hydrogens is 386 g/mol. The van der Waals surface area contributed by atoms with Crippen LogP contribution in [-0.4, -0.2) is 28.3 Å². The van der Waals surface area contributed by atoms with Gasteiger partial charge in [0.25, 0.3) is 5.91 Å². The first-order valence-electron chi connectivity index (χ1n) is 9.49. The molecule has 152 valence electrons. The molecule has 1 aromatic carbocycles. The van der Waals surface area contributed by atoms with Crippen LogP contribution in [0.15, 0.2) is 30.3 Å². The number of aromatic nitrogens is 2. The van der Waals surface area contributed by atoms with E-state index < -0.39 is 11.9 Å². The summed E-state index contributed by atoms with van der Waals surface area (Å²) >= 11 is 1.41. The summed E-state index contributed by atoms with van der Waals surface area (Å²) in [4.78, 5) is 26.2. The van der Waals surface area contributed by atoms with Crippen molar-refractivity contribution < 1.29 is 14.3 Å². The summed E-state index contributed by atoms with van der Waals surface area (Å²) in [6.07, 6.45) is 0.869. The minimum atomic E-state index is -0.475. The largest absolute Gasteiger partial charge is 0.451 e. The van der Waals surface area contributed by atoms with E-state index in [2.05, 4.69) is 10.4 Å². The third-order valence-electron chi connectivity index (χ3n) is 4.71. The Bertz CT molecular complexity index is 1050. The van der Waals surface area contributed by atoms with Gasteiger partial charge in [0.2, 0.25) is 0 Å². The molecule has 0 saturated carbocycles. The van der Waals surface area contributed by atoms with Gasteiger partial charge in [0.1, 0.15) is 4.88 Å². The fraction of sp³-hybridized carbons (Fsp3) is 0.318. The van der Waals surface area contributed by atoms with Crippen molar-refractivity contribution in [1.82, 2.24) is 9.78 Å². The van der Waals surface area contributed by atoms with Crippen molar-refractivity contribution in [2.45, 2.75) is 41.0 Å². The molecule has 0 bridgehead atoms. The minimum Gasteiger partial charge on any atom is -0.451 e. The van der Waals surface area contributed by atoms with Crippen molar-refractivity contribution in [3.05, 3.63) is 62.6 Å². The molecule has 3 rings (SSSR count). The second-order valence-corrected chi connectivity index (χ2v) is 8.12. The van der Waals surface area contributed by atoms with E-state index in [1.807, 2.05) is 65.0 Å². The highest BCUT2D eigenvalue weighted by atomic mass is 32.1. The Morgan fingerprint density at radius 3 is 2.45 bits per heavy atom. The SMILES string of the molecule is CCc1sc(C(=O)OCC(=O)Nc2c(C)nn(-c3ccc(C)cc3)c2C)cc1C. The average molecular weight is 412 g/mol. The van der Waals surface area contributed by atoms with E-state index in [9.17, 15) is 9.59 Å². The summed E-state index contributed by atoms with van der Waals surface area (Å²) in [5.74, 6) is -0.867. The zero-order chi connectivity index (χ0) is 21.1. The molecular formula is C22H25N3O3S. The predicted molar refractivity (Wildman–Crippen MR) is 115 cm³/mol. The van der Waals surface area contributed by atoms with E-state index in [0.717, 1.165) is 33.8 Å². The smallest absolute Gasteiger partial charge is 0.348 e. The molecule has 0 atom stereocenters. The molecule has 6 nitrogen and oxygen atoms in total. The number of benzene rings is 1. The number of ether oxygens (including phenoxy) is 1. The van der Waals surface area contributed by atoms with Crippen LogP contribution in [0, 0.1) is 27.7 Å². The van der Waals surface area contributed by atoms with Gasteiger partial charge in [0, 0.05) is 4.88 Å². The van der Waals surface area contributed by atoms with Crippen LogP contribution < -0.4 is 5.32 Å². The van der Waals surface area contributed by atoms with Gasteiger partial charge in [0.15, 0.2) is 6.61 Å². The van der Waals surface area contributed by atoms with E-state index in [0.29, 0.717) is 16.3 Å². The van der Waals surface area contributed by atoms with E-state index in [1.54, 1.807) is 4.68 Å². The van der Waals surface area contributed by atoms with Crippen LogP contribution >= 0.6 is 11.3 Å². The Kier molecular flexibility index (Phi) is 6.17. The van der Waals surface area contributed by atoms with Gasteiger partial charge in [-0.1, -0.05) is 24.6 Å². The fourth-order valence-electron chi connectivity index (χ4n) is 3.11. The fourth-order valence-corrected chi connectivity index (χ4v) is 4.12. The van der Waals surface area contributed by atoms with Crippen LogP contribution in [0.25, 0.3) is 5.69 Å². The Morgan fingerprint density at radius 2 is 1.83 bits per heavy atom. The number of rotatable bonds is 6. The third-order valence-corrected chi connectivity index (χ3v) is 6.07. The maximum atomic E-state index is 12.3. The van der Waals surface area contributed by atoms with E-state index >= 15 is 0 Å². The highest BCUT2D eigenvalue weighted by Crippen LogP contribution is 2.24. The van der Waals surface area contributed by atoms with Crippen molar-refractivity contribution in [2.75, 3.05) is 11.9 Å². The molecule has 0 aliphatic heterocycles. The summed E-state index contributed by atoms with van der Waals surface area (Å²) in [6, 6.07) is 9.80. The molecule has 2 aromatic heterocycles. The Labute approximate surface area is 174 Å². The van der Waals surface area contributed by atoms with Crippen molar-refractivity contribution in [3.8, 4) is 5.69 Å². The molecule has 0 fully saturated rings. The maximum absolute atomic E-state index is 12.3. The number of hydrogen-bond acceptors (Lipinski definition) is 5. The molecule has 0 aliphatic rings. The second kappa shape index (κ2) is 8.61. The Balaban J connectivity index is 1.66. The standard InChI is InChI=1S/C22H25N3O3S/c1-6-18-14(3)11-19(29-18)22(27)28-12-20(26)23-21-15(4)24-25(16(21)5)17-9-7-13(2)8-10-17/h7-11H,6,12H2,1-5H3,(H,23,26). The predicted octanol–water partition coefficient (Wildman–Crippen LogP) is 4.53. The minimum absolute atomic E-state index is 0.341. The molecule has 29 heavy (non-hydrogen) atoms. The number of carbonyl (C=O) groups is 2. The van der Waals surface area contributed by atoms with E-state index in [1.165, 1.54) is 11.3 Å². The number of nitrogens with one attached hydrogen (secondary N) is 1. The molecule has 0 unspecified atom stereocenters. The number of nitrogens with zero attached hydrogens (tertiary/aromatic N) is 2. The van der Waals surface area contributed by atoms with Crippen molar-refractivity contribution in [1.29, 1.82) is 0 Å². The van der Waals surface area contributed by atoms with Gasteiger partial charge >= 0.3 is 5.97 Å². The quantitative estimate of drug-likeness (QED) is 0.605. The van der Waals surface area contributed by atoms with Crippen molar-refractivity contribution in [2.24, 2.45) is 0 Å². The number of thiophene rings is 1. The monoisotopic (exact) mass is 411 g/mol. The molecule has 0 spiro atoms. The van der Waals surface area contributed by atoms with Crippen LogP contribution in [0.4, 0.5) is 5.69 Å². The Hall–Kier alpha value is -2.93.